The van der Waals surface area contributed by atoms with Gasteiger partial charge in [0.15, 0.2) is 0 Å². The van der Waals surface area contributed by atoms with Crippen LogP contribution in [0.5, 0.6) is 5.75 Å². The molecule has 1 aliphatic carbocycles. The van der Waals surface area contributed by atoms with E-state index < -0.39 is 0 Å². The zero-order chi connectivity index (χ0) is 12.1. The molecule has 3 heteroatoms. The third-order valence-electron chi connectivity index (χ3n) is 3.51. The van der Waals surface area contributed by atoms with Crippen molar-refractivity contribution < 1.29 is 4.74 Å². The lowest BCUT2D eigenvalue weighted by atomic mass is 9.83. The summed E-state index contributed by atoms with van der Waals surface area (Å²) in [4.78, 5) is 0. The lowest BCUT2D eigenvalue weighted by molar-refractivity contribution is 0.292. The van der Waals surface area contributed by atoms with Gasteiger partial charge in [0.2, 0.25) is 0 Å². The Morgan fingerprint density at radius 2 is 2.24 bits per heavy atom. The summed E-state index contributed by atoms with van der Waals surface area (Å²) < 4.78 is 6.46. The molecule has 0 heterocycles. The van der Waals surface area contributed by atoms with E-state index in [1.54, 1.807) is 7.11 Å². The van der Waals surface area contributed by atoms with Gasteiger partial charge in [-0.15, -0.1) is 0 Å². The predicted octanol–water partition coefficient (Wildman–Crippen LogP) is 3.74. The molecule has 0 atom stereocenters. The molecule has 94 valence electrons. The van der Waals surface area contributed by atoms with Crippen molar-refractivity contribution in [1.82, 2.24) is 5.32 Å². The van der Waals surface area contributed by atoms with Crippen molar-refractivity contribution in [3.05, 3.63) is 28.2 Å². The van der Waals surface area contributed by atoms with Crippen LogP contribution in [0, 0.1) is 5.92 Å². The number of nitrogens with one attached hydrogen (secondary N) is 1. The van der Waals surface area contributed by atoms with Crippen LogP contribution >= 0.6 is 15.9 Å². The maximum atomic E-state index is 5.35. The number of hydrogen-bond acceptors (Lipinski definition) is 2. The van der Waals surface area contributed by atoms with E-state index in [9.17, 15) is 0 Å². The second kappa shape index (κ2) is 6.41. The van der Waals surface area contributed by atoms with Gasteiger partial charge in [-0.25, -0.2) is 0 Å². The number of benzene rings is 1. The summed E-state index contributed by atoms with van der Waals surface area (Å²) in [5.74, 6) is 1.94. The Morgan fingerprint density at radius 1 is 1.41 bits per heavy atom. The standard InChI is InChI=1S/C14H20BrNO/c1-17-14-6-5-13(15)9-12(14)10-16-8-7-11-3-2-4-11/h5-6,9,11,16H,2-4,7-8,10H2,1H3. The van der Waals surface area contributed by atoms with E-state index >= 15 is 0 Å². The average molecular weight is 298 g/mol. The highest BCUT2D eigenvalue weighted by Crippen LogP contribution is 2.29. The van der Waals surface area contributed by atoms with Crippen LogP contribution in [0.1, 0.15) is 31.2 Å². The van der Waals surface area contributed by atoms with Gasteiger partial charge in [-0.1, -0.05) is 35.2 Å². The molecule has 0 bridgehead atoms. The van der Waals surface area contributed by atoms with Crippen LogP contribution in [-0.2, 0) is 6.54 Å². The van der Waals surface area contributed by atoms with Gasteiger partial charge < -0.3 is 10.1 Å². The lowest BCUT2D eigenvalue weighted by Crippen LogP contribution is -2.21. The van der Waals surface area contributed by atoms with Crippen LogP contribution in [0.4, 0.5) is 0 Å². The molecular formula is C14H20BrNO. The van der Waals surface area contributed by atoms with Gasteiger partial charge in [-0.05, 0) is 37.1 Å². The molecule has 1 aliphatic rings. The van der Waals surface area contributed by atoms with Crippen molar-refractivity contribution in [3.63, 3.8) is 0 Å². The fourth-order valence-electron chi connectivity index (χ4n) is 2.20. The van der Waals surface area contributed by atoms with Crippen LogP contribution in [0.25, 0.3) is 0 Å². The highest BCUT2D eigenvalue weighted by Gasteiger charge is 2.16. The van der Waals surface area contributed by atoms with E-state index in [0.717, 1.165) is 29.2 Å². The molecular weight excluding hydrogens is 278 g/mol. The molecule has 1 aromatic carbocycles. The number of rotatable bonds is 6. The fraction of sp³-hybridized carbons (Fsp3) is 0.571. The van der Waals surface area contributed by atoms with Crippen molar-refractivity contribution in [2.75, 3.05) is 13.7 Å². The Bertz CT molecular complexity index is 363. The lowest BCUT2D eigenvalue weighted by Gasteiger charge is -2.25. The molecule has 0 unspecified atom stereocenters. The van der Waals surface area contributed by atoms with Crippen LogP contribution in [0.3, 0.4) is 0 Å². The first-order valence-electron chi connectivity index (χ1n) is 6.32. The number of hydrogen-bond donors (Lipinski definition) is 1. The van der Waals surface area contributed by atoms with Gasteiger partial charge in [0, 0.05) is 16.6 Å². The minimum atomic E-state index is 0.884. The van der Waals surface area contributed by atoms with Gasteiger partial charge in [-0.2, -0.15) is 0 Å². The Balaban J connectivity index is 1.78. The predicted molar refractivity (Wildman–Crippen MR) is 74.4 cm³/mol. The van der Waals surface area contributed by atoms with Gasteiger partial charge in [-0.3, -0.25) is 0 Å². The van der Waals surface area contributed by atoms with Crippen LogP contribution in [0.15, 0.2) is 22.7 Å². The minimum absolute atomic E-state index is 0.884. The number of halogens is 1. The maximum Gasteiger partial charge on any atom is 0.123 e. The Labute approximate surface area is 112 Å². The summed E-state index contributed by atoms with van der Waals surface area (Å²) in [6.45, 7) is 2.00. The summed E-state index contributed by atoms with van der Waals surface area (Å²) >= 11 is 3.49. The number of ether oxygens (including phenoxy) is 1. The van der Waals surface area contributed by atoms with Gasteiger partial charge in [0.05, 0.1) is 7.11 Å². The SMILES string of the molecule is COc1ccc(Br)cc1CNCCC1CCC1. The molecule has 2 nitrogen and oxygen atoms in total. The van der Waals surface area contributed by atoms with Gasteiger partial charge >= 0.3 is 0 Å². The van der Waals surface area contributed by atoms with Crippen LogP contribution < -0.4 is 10.1 Å². The van der Waals surface area contributed by atoms with Crippen molar-refractivity contribution in [1.29, 1.82) is 0 Å². The highest BCUT2D eigenvalue weighted by atomic mass is 79.9. The van der Waals surface area contributed by atoms with E-state index in [4.69, 9.17) is 4.74 Å². The second-order valence-electron chi connectivity index (χ2n) is 4.72. The van der Waals surface area contributed by atoms with E-state index in [-0.39, 0.29) is 0 Å². The minimum Gasteiger partial charge on any atom is -0.496 e. The molecule has 0 saturated heterocycles. The molecule has 2 rings (SSSR count). The largest absolute Gasteiger partial charge is 0.496 e. The summed E-state index contributed by atoms with van der Waals surface area (Å²) in [6.07, 6.45) is 5.62. The third-order valence-corrected chi connectivity index (χ3v) is 4.01. The van der Waals surface area contributed by atoms with Crippen molar-refractivity contribution >= 4 is 15.9 Å². The molecule has 0 aliphatic heterocycles. The molecule has 1 N–H and O–H groups in total. The second-order valence-corrected chi connectivity index (χ2v) is 5.63. The zero-order valence-corrected chi connectivity index (χ0v) is 11.9. The highest BCUT2D eigenvalue weighted by molar-refractivity contribution is 9.10. The quantitative estimate of drug-likeness (QED) is 0.808. The molecule has 0 radical (unpaired) electrons. The molecule has 0 aromatic heterocycles. The van der Waals surface area contributed by atoms with E-state index in [0.29, 0.717) is 0 Å². The summed E-state index contributed by atoms with van der Waals surface area (Å²) in [5, 5.41) is 3.50. The normalized spacial score (nSPS) is 15.6. The molecule has 1 fully saturated rings. The Kier molecular flexibility index (Phi) is 4.86. The number of methoxy groups -OCH3 is 1. The smallest absolute Gasteiger partial charge is 0.123 e. The molecule has 0 spiro atoms. The summed E-state index contributed by atoms with van der Waals surface area (Å²) in [7, 11) is 1.72. The van der Waals surface area contributed by atoms with E-state index in [1.807, 2.05) is 12.1 Å². The van der Waals surface area contributed by atoms with Crippen LogP contribution in [0.2, 0.25) is 0 Å². The average Bonchev–Trinajstić information content (AvgIpc) is 2.26. The van der Waals surface area contributed by atoms with Crippen molar-refractivity contribution in [3.8, 4) is 5.75 Å². The first-order valence-corrected chi connectivity index (χ1v) is 7.12. The maximum absolute atomic E-state index is 5.35. The summed E-state index contributed by atoms with van der Waals surface area (Å²) in [5.41, 5.74) is 1.22. The monoisotopic (exact) mass is 297 g/mol. The van der Waals surface area contributed by atoms with E-state index in [1.165, 1.54) is 31.2 Å². The first-order chi connectivity index (χ1) is 8.29. The molecule has 1 aromatic rings. The topological polar surface area (TPSA) is 21.3 Å². The Hall–Kier alpha value is -0.540. The summed E-state index contributed by atoms with van der Waals surface area (Å²) in [6, 6.07) is 6.14. The molecule has 0 amide bonds. The fourth-order valence-corrected chi connectivity index (χ4v) is 2.60. The zero-order valence-electron chi connectivity index (χ0n) is 10.3. The van der Waals surface area contributed by atoms with Crippen molar-refractivity contribution in [2.45, 2.75) is 32.2 Å². The van der Waals surface area contributed by atoms with E-state index in [2.05, 4.69) is 27.3 Å². The first kappa shape index (κ1) is 12.9. The van der Waals surface area contributed by atoms with Crippen molar-refractivity contribution in [2.24, 2.45) is 5.92 Å². The molecule has 17 heavy (non-hydrogen) atoms. The Morgan fingerprint density at radius 3 is 2.88 bits per heavy atom. The van der Waals surface area contributed by atoms with Gasteiger partial charge in [0.1, 0.15) is 5.75 Å². The van der Waals surface area contributed by atoms with Crippen LogP contribution in [-0.4, -0.2) is 13.7 Å². The van der Waals surface area contributed by atoms with Gasteiger partial charge in [0.25, 0.3) is 0 Å². The third kappa shape index (κ3) is 3.71. The molecule has 1 saturated carbocycles.